The van der Waals surface area contributed by atoms with Crippen molar-refractivity contribution in [1.82, 2.24) is 24.6 Å². The van der Waals surface area contributed by atoms with Crippen LogP contribution in [0.3, 0.4) is 0 Å². The fourth-order valence-electron chi connectivity index (χ4n) is 4.62. The third-order valence-electron chi connectivity index (χ3n) is 6.35. The van der Waals surface area contributed by atoms with E-state index in [1.807, 2.05) is 84.2 Å². The summed E-state index contributed by atoms with van der Waals surface area (Å²) >= 11 is 0. The molecule has 1 atom stereocenters. The molecule has 1 unspecified atom stereocenters. The lowest BCUT2D eigenvalue weighted by Gasteiger charge is -2.16. The van der Waals surface area contributed by atoms with Crippen LogP contribution in [-0.4, -0.2) is 31.9 Å². The first-order valence-electron chi connectivity index (χ1n) is 11.6. The van der Waals surface area contributed by atoms with Crippen LogP contribution in [-0.2, 0) is 6.54 Å². The first-order chi connectivity index (χ1) is 17.2. The largest absolute Gasteiger partial charge is 0.335 e. The number of urea groups is 1. The summed E-state index contributed by atoms with van der Waals surface area (Å²) in [4.78, 5) is 16.9. The van der Waals surface area contributed by atoms with Crippen molar-refractivity contribution in [2.75, 3.05) is 11.9 Å². The van der Waals surface area contributed by atoms with E-state index in [9.17, 15) is 4.79 Å². The molecule has 35 heavy (non-hydrogen) atoms. The van der Waals surface area contributed by atoms with E-state index in [4.69, 9.17) is 0 Å². The molecule has 0 fully saturated rings. The molecule has 172 valence electrons. The summed E-state index contributed by atoms with van der Waals surface area (Å²) < 4.78 is 4.04. The van der Waals surface area contributed by atoms with Crippen LogP contribution in [0.25, 0.3) is 22.4 Å². The molecule has 0 aliphatic carbocycles. The number of anilines is 1. The van der Waals surface area contributed by atoms with Gasteiger partial charge in [0.2, 0.25) is 0 Å². The van der Waals surface area contributed by atoms with Gasteiger partial charge in [0.15, 0.2) is 0 Å². The summed E-state index contributed by atoms with van der Waals surface area (Å²) in [6.45, 7) is 1.21. The summed E-state index contributed by atoms with van der Waals surface area (Å²) in [5, 5.41) is 10.4. The predicted octanol–water partition coefficient (Wildman–Crippen LogP) is 5.19. The maximum Gasteiger partial charge on any atom is 0.319 e. The van der Waals surface area contributed by atoms with Crippen molar-refractivity contribution in [2.45, 2.75) is 12.6 Å². The Balaban J connectivity index is 1.07. The third-order valence-corrected chi connectivity index (χ3v) is 6.35. The summed E-state index contributed by atoms with van der Waals surface area (Å²) in [5.74, 6) is 0. The monoisotopic (exact) mass is 460 g/mol. The van der Waals surface area contributed by atoms with E-state index in [2.05, 4.69) is 49.5 Å². The number of amides is 2. The topological polar surface area (TPSA) is 76.8 Å². The second-order valence-electron chi connectivity index (χ2n) is 8.61. The van der Waals surface area contributed by atoms with Gasteiger partial charge < -0.3 is 15.2 Å². The Labute approximate surface area is 203 Å². The van der Waals surface area contributed by atoms with E-state index in [1.54, 1.807) is 0 Å². The average molecular weight is 461 g/mol. The van der Waals surface area contributed by atoms with Gasteiger partial charge in [0, 0.05) is 29.6 Å². The molecule has 7 heteroatoms. The Morgan fingerprint density at radius 1 is 0.886 bits per heavy atom. The molecule has 0 radical (unpaired) electrons. The normalized spacial score (nSPS) is 13.8. The van der Waals surface area contributed by atoms with Crippen LogP contribution in [0.1, 0.15) is 17.2 Å². The summed E-state index contributed by atoms with van der Waals surface area (Å²) in [7, 11) is 0. The van der Waals surface area contributed by atoms with Gasteiger partial charge in [-0.1, -0.05) is 66.7 Å². The number of hydrogen-bond donors (Lipinski definition) is 2. The van der Waals surface area contributed by atoms with Crippen molar-refractivity contribution in [2.24, 2.45) is 0 Å². The Morgan fingerprint density at radius 3 is 2.54 bits per heavy atom. The molecule has 0 bridgehead atoms. The number of aromatic nitrogens is 4. The number of imidazole rings is 1. The second kappa shape index (κ2) is 8.95. The summed E-state index contributed by atoms with van der Waals surface area (Å²) in [6.07, 6.45) is 7.58. The standard InChI is InChI=1S/C28H24N6O/c35-28(30-16-27-25-9-5-4-8-24(25)26-15-29-19-34(26)27)32-23-12-10-21(11-13-23)22-14-31-33(18-22)17-20-6-2-1-3-7-20/h1-15,18-19,27H,16-17H2,(H2,30,32,35). The predicted molar refractivity (Wildman–Crippen MR) is 136 cm³/mol. The Kier molecular flexibility index (Phi) is 5.35. The lowest BCUT2D eigenvalue weighted by atomic mass is 10.0. The molecule has 0 saturated carbocycles. The van der Waals surface area contributed by atoms with Gasteiger partial charge in [-0.3, -0.25) is 4.68 Å². The van der Waals surface area contributed by atoms with E-state index in [0.29, 0.717) is 6.54 Å². The Bertz CT molecular complexity index is 1470. The van der Waals surface area contributed by atoms with Crippen LogP contribution in [0, 0.1) is 0 Å². The molecule has 6 rings (SSSR count). The maximum absolute atomic E-state index is 12.6. The zero-order valence-electron chi connectivity index (χ0n) is 19.0. The highest BCUT2D eigenvalue weighted by Crippen LogP contribution is 2.38. The molecular formula is C28H24N6O. The number of nitrogens with zero attached hydrogens (tertiary/aromatic N) is 4. The van der Waals surface area contributed by atoms with E-state index in [0.717, 1.165) is 29.1 Å². The number of nitrogens with one attached hydrogen (secondary N) is 2. The van der Waals surface area contributed by atoms with Gasteiger partial charge in [-0.2, -0.15) is 5.10 Å². The maximum atomic E-state index is 12.6. The van der Waals surface area contributed by atoms with Crippen LogP contribution in [0.4, 0.5) is 10.5 Å². The van der Waals surface area contributed by atoms with Gasteiger partial charge >= 0.3 is 6.03 Å². The number of carbonyl (C=O) groups excluding carboxylic acids is 1. The minimum atomic E-state index is -0.237. The molecule has 5 aromatic rings. The molecule has 0 saturated heterocycles. The average Bonchev–Trinajstić information content (AvgIpc) is 3.61. The molecule has 2 N–H and O–H groups in total. The minimum absolute atomic E-state index is 0.0317. The highest BCUT2D eigenvalue weighted by atomic mass is 16.2. The minimum Gasteiger partial charge on any atom is -0.335 e. The molecule has 7 nitrogen and oxygen atoms in total. The molecule has 3 aromatic carbocycles. The van der Waals surface area contributed by atoms with Gasteiger partial charge in [-0.05, 0) is 28.8 Å². The highest BCUT2D eigenvalue weighted by Gasteiger charge is 2.28. The summed E-state index contributed by atoms with van der Waals surface area (Å²) in [5.41, 5.74) is 7.47. The quantitative estimate of drug-likeness (QED) is 0.366. The smallest absolute Gasteiger partial charge is 0.319 e. The van der Waals surface area contributed by atoms with Gasteiger partial charge in [-0.15, -0.1) is 0 Å². The Morgan fingerprint density at radius 2 is 1.69 bits per heavy atom. The zero-order chi connectivity index (χ0) is 23.6. The molecule has 1 aliphatic rings. The summed E-state index contributed by atoms with van der Waals surface area (Å²) in [6, 6.07) is 26.1. The number of benzene rings is 3. The lowest BCUT2D eigenvalue weighted by molar-refractivity contribution is 0.251. The van der Waals surface area contributed by atoms with Crippen LogP contribution in [0.2, 0.25) is 0 Å². The van der Waals surface area contributed by atoms with E-state index < -0.39 is 0 Å². The highest BCUT2D eigenvalue weighted by molar-refractivity contribution is 5.89. The Hall–Kier alpha value is -4.65. The fraction of sp³-hybridized carbons (Fsp3) is 0.107. The van der Waals surface area contributed by atoms with Gasteiger partial charge in [-0.25, -0.2) is 9.78 Å². The number of rotatable bonds is 6. The fourth-order valence-corrected chi connectivity index (χ4v) is 4.62. The third kappa shape index (κ3) is 4.19. The molecule has 1 aliphatic heterocycles. The van der Waals surface area contributed by atoms with Gasteiger partial charge in [0.1, 0.15) is 0 Å². The lowest BCUT2D eigenvalue weighted by Crippen LogP contribution is -2.33. The van der Waals surface area contributed by atoms with E-state index >= 15 is 0 Å². The van der Waals surface area contributed by atoms with Crippen molar-refractivity contribution >= 4 is 11.7 Å². The number of carbonyl (C=O) groups is 1. The number of hydrogen-bond acceptors (Lipinski definition) is 3. The SMILES string of the molecule is O=C(NCC1c2ccccc2-c2cncn21)Nc1ccc(-c2cnn(Cc3ccccc3)c2)cc1. The number of fused-ring (bicyclic) bond motifs is 3. The zero-order valence-corrected chi connectivity index (χ0v) is 19.0. The van der Waals surface area contributed by atoms with Gasteiger partial charge in [0.05, 0.1) is 37.0 Å². The first kappa shape index (κ1) is 20.9. The van der Waals surface area contributed by atoms with Crippen molar-refractivity contribution in [3.8, 4) is 22.4 Å². The van der Waals surface area contributed by atoms with Gasteiger partial charge in [0.25, 0.3) is 0 Å². The van der Waals surface area contributed by atoms with Crippen LogP contribution in [0.5, 0.6) is 0 Å². The van der Waals surface area contributed by atoms with Crippen molar-refractivity contribution in [3.05, 3.63) is 115 Å². The molecule has 2 amide bonds. The van der Waals surface area contributed by atoms with Crippen LogP contribution >= 0.6 is 0 Å². The van der Waals surface area contributed by atoms with Crippen molar-refractivity contribution in [3.63, 3.8) is 0 Å². The van der Waals surface area contributed by atoms with Crippen LogP contribution < -0.4 is 10.6 Å². The van der Waals surface area contributed by atoms with Crippen LogP contribution in [0.15, 0.2) is 104 Å². The molecule has 2 aromatic heterocycles. The van der Waals surface area contributed by atoms with Crippen molar-refractivity contribution in [1.29, 1.82) is 0 Å². The molecule has 3 heterocycles. The van der Waals surface area contributed by atoms with E-state index in [1.165, 1.54) is 16.7 Å². The van der Waals surface area contributed by atoms with E-state index in [-0.39, 0.29) is 12.1 Å². The first-order valence-corrected chi connectivity index (χ1v) is 11.6. The van der Waals surface area contributed by atoms with Crippen molar-refractivity contribution < 1.29 is 4.79 Å². The molecular weight excluding hydrogens is 436 g/mol. The molecule has 0 spiro atoms. The second-order valence-corrected chi connectivity index (χ2v) is 8.61.